The van der Waals surface area contributed by atoms with Gasteiger partial charge in [0.05, 0.1) is 6.61 Å². The van der Waals surface area contributed by atoms with Crippen LogP contribution in [0.1, 0.15) is 31.9 Å². The average molecular weight is 328 g/mol. The maximum Gasteiger partial charge on any atom is 0.124 e. The molecule has 1 aliphatic heterocycles. The Kier molecular flexibility index (Phi) is 5.25. The fraction of sp³-hybridized carbons (Fsp3) is 0.600. The second-order valence-corrected chi connectivity index (χ2v) is 6.03. The molecule has 0 spiro atoms. The van der Waals surface area contributed by atoms with E-state index < -0.39 is 0 Å². The van der Waals surface area contributed by atoms with Crippen LogP contribution in [0.25, 0.3) is 0 Å². The fourth-order valence-electron chi connectivity index (χ4n) is 2.63. The first-order chi connectivity index (χ1) is 9.15. The van der Waals surface area contributed by atoms with Crippen molar-refractivity contribution in [3.8, 4) is 5.75 Å². The Morgan fingerprint density at radius 1 is 1.53 bits per heavy atom. The standard InChI is InChI=1S/C15H22BrNO2/c1-4-17-13-8-15(10(2)9-18-3)19-14-6-5-11(16)7-12(13)14/h5-7,10,13,15,17H,4,8-9H2,1-3H3. The molecule has 0 bridgehead atoms. The van der Waals surface area contributed by atoms with Gasteiger partial charge in [-0.15, -0.1) is 0 Å². The summed E-state index contributed by atoms with van der Waals surface area (Å²) in [5.41, 5.74) is 1.25. The summed E-state index contributed by atoms with van der Waals surface area (Å²) in [4.78, 5) is 0. The molecule has 3 unspecified atom stereocenters. The summed E-state index contributed by atoms with van der Waals surface area (Å²) in [7, 11) is 1.74. The van der Waals surface area contributed by atoms with Gasteiger partial charge in [-0.1, -0.05) is 29.8 Å². The van der Waals surface area contributed by atoms with E-state index in [-0.39, 0.29) is 6.10 Å². The van der Waals surface area contributed by atoms with Gasteiger partial charge in [0.25, 0.3) is 0 Å². The molecule has 0 radical (unpaired) electrons. The lowest BCUT2D eigenvalue weighted by atomic mass is 9.91. The maximum atomic E-state index is 6.14. The Balaban J connectivity index is 2.22. The van der Waals surface area contributed by atoms with Crippen LogP contribution in [0.2, 0.25) is 0 Å². The maximum absolute atomic E-state index is 6.14. The van der Waals surface area contributed by atoms with E-state index in [1.807, 2.05) is 6.07 Å². The third kappa shape index (κ3) is 3.50. The summed E-state index contributed by atoms with van der Waals surface area (Å²) in [6.45, 7) is 6.01. The molecule has 1 aromatic carbocycles. The highest BCUT2D eigenvalue weighted by Gasteiger charge is 2.31. The van der Waals surface area contributed by atoms with Gasteiger partial charge in [-0.05, 0) is 24.7 Å². The molecule has 1 aromatic rings. The number of hydrogen-bond acceptors (Lipinski definition) is 3. The predicted molar refractivity (Wildman–Crippen MR) is 80.6 cm³/mol. The van der Waals surface area contributed by atoms with Crippen LogP contribution < -0.4 is 10.1 Å². The molecule has 0 amide bonds. The van der Waals surface area contributed by atoms with Crippen LogP contribution in [0, 0.1) is 5.92 Å². The molecular formula is C15H22BrNO2. The summed E-state index contributed by atoms with van der Waals surface area (Å²) in [5, 5.41) is 3.55. The van der Waals surface area contributed by atoms with Crippen molar-refractivity contribution in [1.82, 2.24) is 5.32 Å². The second-order valence-electron chi connectivity index (χ2n) is 5.12. The molecule has 0 fully saturated rings. The predicted octanol–water partition coefficient (Wildman–Crippen LogP) is 3.53. The highest BCUT2D eigenvalue weighted by Crippen LogP contribution is 2.38. The molecule has 3 atom stereocenters. The molecule has 106 valence electrons. The third-order valence-corrected chi connectivity index (χ3v) is 4.10. The monoisotopic (exact) mass is 327 g/mol. The number of hydrogen-bond donors (Lipinski definition) is 1. The van der Waals surface area contributed by atoms with Crippen molar-refractivity contribution in [2.45, 2.75) is 32.4 Å². The Bertz CT molecular complexity index is 425. The molecule has 3 nitrogen and oxygen atoms in total. The Morgan fingerprint density at radius 3 is 3.00 bits per heavy atom. The van der Waals surface area contributed by atoms with E-state index >= 15 is 0 Å². The van der Waals surface area contributed by atoms with Gasteiger partial charge in [-0.25, -0.2) is 0 Å². The van der Waals surface area contributed by atoms with E-state index in [1.165, 1.54) is 5.56 Å². The summed E-state index contributed by atoms with van der Waals surface area (Å²) in [5.74, 6) is 1.39. The minimum atomic E-state index is 0.206. The molecule has 0 saturated heterocycles. The van der Waals surface area contributed by atoms with Gasteiger partial charge in [-0.3, -0.25) is 0 Å². The summed E-state index contributed by atoms with van der Waals surface area (Å²) in [6, 6.07) is 6.59. The summed E-state index contributed by atoms with van der Waals surface area (Å²) >= 11 is 3.53. The summed E-state index contributed by atoms with van der Waals surface area (Å²) in [6.07, 6.45) is 1.19. The first-order valence-electron chi connectivity index (χ1n) is 6.84. The van der Waals surface area contributed by atoms with Crippen molar-refractivity contribution >= 4 is 15.9 Å². The Hall–Kier alpha value is -0.580. The Morgan fingerprint density at radius 2 is 2.32 bits per heavy atom. The molecule has 0 aromatic heterocycles. The Labute approximate surface area is 123 Å². The quantitative estimate of drug-likeness (QED) is 0.897. The molecule has 4 heteroatoms. The normalized spacial score (nSPS) is 23.6. The zero-order valence-electron chi connectivity index (χ0n) is 11.8. The molecule has 1 aliphatic rings. The van der Waals surface area contributed by atoms with Gasteiger partial charge in [0, 0.05) is 35.5 Å². The first kappa shape index (κ1) is 14.8. The average Bonchev–Trinajstić information content (AvgIpc) is 2.39. The number of fused-ring (bicyclic) bond motifs is 1. The van der Waals surface area contributed by atoms with Crippen LogP contribution >= 0.6 is 15.9 Å². The van der Waals surface area contributed by atoms with Crippen molar-refractivity contribution < 1.29 is 9.47 Å². The van der Waals surface area contributed by atoms with Crippen molar-refractivity contribution in [3.05, 3.63) is 28.2 Å². The topological polar surface area (TPSA) is 30.5 Å². The molecule has 1 heterocycles. The van der Waals surface area contributed by atoms with Gasteiger partial charge in [-0.2, -0.15) is 0 Å². The second kappa shape index (κ2) is 6.73. The van der Waals surface area contributed by atoms with Crippen LogP contribution in [0.5, 0.6) is 5.75 Å². The van der Waals surface area contributed by atoms with Gasteiger partial charge >= 0.3 is 0 Å². The molecule has 19 heavy (non-hydrogen) atoms. The van der Waals surface area contributed by atoms with Crippen molar-refractivity contribution in [2.75, 3.05) is 20.3 Å². The first-order valence-corrected chi connectivity index (χ1v) is 7.63. The van der Waals surface area contributed by atoms with Gasteiger partial charge in [0.1, 0.15) is 11.9 Å². The number of methoxy groups -OCH3 is 1. The van der Waals surface area contributed by atoms with E-state index in [0.29, 0.717) is 12.0 Å². The molecule has 0 aliphatic carbocycles. The molecular weight excluding hydrogens is 306 g/mol. The van der Waals surface area contributed by atoms with Crippen molar-refractivity contribution in [1.29, 1.82) is 0 Å². The smallest absolute Gasteiger partial charge is 0.124 e. The minimum absolute atomic E-state index is 0.206. The van der Waals surface area contributed by atoms with Gasteiger partial charge in [0.2, 0.25) is 0 Å². The van der Waals surface area contributed by atoms with Gasteiger partial charge in [0.15, 0.2) is 0 Å². The van der Waals surface area contributed by atoms with Crippen molar-refractivity contribution in [3.63, 3.8) is 0 Å². The number of halogens is 1. The van der Waals surface area contributed by atoms with Crippen LogP contribution in [-0.2, 0) is 4.74 Å². The lowest BCUT2D eigenvalue weighted by Gasteiger charge is -2.35. The van der Waals surface area contributed by atoms with E-state index in [2.05, 4.69) is 47.2 Å². The molecule has 1 N–H and O–H groups in total. The van der Waals surface area contributed by atoms with Crippen LogP contribution in [0.4, 0.5) is 0 Å². The lowest BCUT2D eigenvalue weighted by molar-refractivity contribution is 0.0502. The van der Waals surface area contributed by atoms with E-state index in [4.69, 9.17) is 9.47 Å². The van der Waals surface area contributed by atoms with Gasteiger partial charge < -0.3 is 14.8 Å². The fourth-order valence-corrected chi connectivity index (χ4v) is 3.01. The number of benzene rings is 1. The minimum Gasteiger partial charge on any atom is -0.490 e. The number of rotatable bonds is 5. The van der Waals surface area contributed by atoms with Crippen LogP contribution in [0.15, 0.2) is 22.7 Å². The SMILES string of the molecule is CCNC1CC(C(C)COC)Oc2ccc(Br)cc21. The van der Waals surface area contributed by atoms with E-state index in [1.54, 1.807) is 7.11 Å². The zero-order chi connectivity index (χ0) is 13.8. The summed E-state index contributed by atoms with van der Waals surface area (Å²) < 4.78 is 12.5. The zero-order valence-corrected chi connectivity index (χ0v) is 13.4. The highest BCUT2D eigenvalue weighted by atomic mass is 79.9. The molecule has 2 rings (SSSR count). The van der Waals surface area contributed by atoms with E-state index in [0.717, 1.165) is 29.8 Å². The highest BCUT2D eigenvalue weighted by molar-refractivity contribution is 9.10. The number of nitrogens with one attached hydrogen (secondary N) is 1. The molecule has 0 saturated carbocycles. The number of ether oxygens (including phenoxy) is 2. The third-order valence-electron chi connectivity index (χ3n) is 3.61. The lowest BCUT2D eigenvalue weighted by Crippen LogP contribution is -2.37. The van der Waals surface area contributed by atoms with Crippen molar-refractivity contribution in [2.24, 2.45) is 5.92 Å². The van der Waals surface area contributed by atoms with Crippen LogP contribution in [-0.4, -0.2) is 26.4 Å². The largest absolute Gasteiger partial charge is 0.490 e. The van der Waals surface area contributed by atoms with E-state index in [9.17, 15) is 0 Å². The van der Waals surface area contributed by atoms with Crippen LogP contribution in [0.3, 0.4) is 0 Å².